The molecule has 1 heterocycles. The van der Waals surface area contributed by atoms with Crippen molar-refractivity contribution in [3.8, 4) is 0 Å². The molecule has 3 rings (SSSR count). The van der Waals surface area contributed by atoms with Crippen molar-refractivity contribution in [3.05, 3.63) is 35.4 Å². The number of amides is 1. The van der Waals surface area contributed by atoms with E-state index < -0.39 is 5.97 Å². The van der Waals surface area contributed by atoms with Crippen LogP contribution < -0.4 is 0 Å². The predicted molar refractivity (Wildman–Crippen MR) is 93.1 cm³/mol. The Kier molecular flexibility index (Phi) is 5.22. The normalized spacial score (nSPS) is 20.1. The molecule has 1 aromatic carbocycles. The van der Waals surface area contributed by atoms with Crippen LogP contribution in [0.2, 0.25) is 0 Å². The summed E-state index contributed by atoms with van der Waals surface area (Å²) in [5.41, 5.74) is 1.56. The minimum absolute atomic E-state index is 0.167. The van der Waals surface area contributed by atoms with Crippen molar-refractivity contribution in [2.24, 2.45) is 5.41 Å². The number of carboxylic acids is 1. The number of carboxylic acid groups (broad SMARTS) is 1. The summed E-state index contributed by atoms with van der Waals surface area (Å²) in [4.78, 5) is 25.7. The third kappa shape index (κ3) is 3.80. The van der Waals surface area contributed by atoms with E-state index in [2.05, 4.69) is 0 Å². The molecule has 1 aromatic rings. The van der Waals surface area contributed by atoms with E-state index >= 15 is 0 Å². The molecule has 1 N–H and O–H groups in total. The van der Waals surface area contributed by atoms with E-state index in [0.717, 1.165) is 31.5 Å². The molecule has 0 aromatic heterocycles. The molecule has 0 unspecified atom stereocenters. The summed E-state index contributed by atoms with van der Waals surface area (Å²) in [5, 5.41) is 9.23. The van der Waals surface area contributed by atoms with Crippen LogP contribution in [0.3, 0.4) is 0 Å². The van der Waals surface area contributed by atoms with Gasteiger partial charge in [-0.25, -0.2) is 4.79 Å². The fourth-order valence-corrected chi connectivity index (χ4v) is 4.38. The lowest BCUT2D eigenvalue weighted by Gasteiger charge is -2.44. The number of rotatable bonds is 4. The lowest BCUT2D eigenvalue weighted by molar-refractivity contribution is -0.133. The Balaban J connectivity index is 1.52. The maximum absolute atomic E-state index is 12.5. The molecule has 4 nitrogen and oxygen atoms in total. The summed E-state index contributed by atoms with van der Waals surface area (Å²) in [6, 6.07) is 6.98. The van der Waals surface area contributed by atoms with Gasteiger partial charge in [0.2, 0.25) is 5.91 Å². The zero-order valence-electron chi connectivity index (χ0n) is 14.3. The van der Waals surface area contributed by atoms with E-state index in [1.165, 1.54) is 32.1 Å². The van der Waals surface area contributed by atoms with Crippen LogP contribution >= 0.6 is 0 Å². The minimum atomic E-state index is -0.921. The van der Waals surface area contributed by atoms with Gasteiger partial charge >= 0.3 is 5.97 Å². The van der Waals surface area contributed by atoms with Gasteiger partial charge in [0, 0.05) is 19.5 Å². The molecule has 0 bridgehead atoms. The summed E-state index contributed by atoms with van der Waals surface area (Å²) in [6.45, 7) is 1.75. The zero-order valence-corrected chi connectivity index (χ0v) is 14.3. The van der Waals surface area contributed by atoms with Crippen LogP contribution in [0.15, 0.2) is 24.3 Å². The number of piperidine rings is 1. The molecule has 130 valence electrons. The van der Waals surface area contributed by atoms with Crippen molar-refractivity contribution in [2.75, 3.05) is 13.1 Å². The van der Waals surface area contributed by atoms with Gasteiger partial charge in [-0.3, -0.25) is 4.79 Å². The van der Waals surface area contributed by atoms with E-state index in [9.17, 15) is 14.7 Å². The van der Waals surface area contributed by atoms with Gasteiger partial charge < -0.3 is 10.0 Å². The Morgan fingerprint density at radius 2 is 1.67 bits per heavy atom. The average Bonchev–Trinajstić information content (AvgIpc) is 2.61. The fourth-order valence-electron chi connectivity index (χ4n) is 4.38. The first kappa shape index (κ1) is 17.0. The number of likely N-dealkylation sites (tertiary alicyclic amines) is 1. The monoisotopic (exact) mass is 329 g/mol. The predicted octanol–water partition coefficient (Wildman–Crippen LogP) is 3.89. The van der Waals surface area contributed by atoms with Crippen molar-refractivity contribution >= 4 is 11.9 Å². The highest BCUT2D eigenvalue weighted by atomic mass is 16.4. The van der Waals surface area contributed by atoms with Crippen LogP contribution in [0.1, 0.15) is 67.3 Å². The molecule has 24 heavy (non-hydrogen) atoms. The van der Waals surface area contributed by atoms with Gasteiger partial charge in [0.15, 0.2) is 0 Å². The summed E-state index contributed by atoms with van der Waals surface area (Å²) in [5.74, 6) is -0.754. The second kappa shape index (κ2) is 7.37. The molecule has 0 atom stereocenters. The molecule has 2 fully saturated rings. The van der Waals surface area contributed by atoms with E-state index in [1.54, 1.807) is 12.1 Å². The number of nitrogens with zero attached hydrogens (tertiary/aromatic N) is 1. The SMILES string of the molecule is O=C(O)c1ccccc1CCC(=O)N1CCC2(CCCCC2)CC1. The largest absolute Gasteiger partial charge is 0.478 e. The highest BCUT2D eigenvalue weighted by molar-refractivity contribution is 5.89. The van der Waals surface area contributed by atoms with Crippen LogP contribution in [0.5, 0.6) is 0 Å². The fraction of sp³-hybridized carbons (Fsp3) is 0.600. The van der Waals surface area contributed by atoms with Gasteiger partial charge in [-0.15, -0.1) is 0 Å². The van der Waals surface area contributed by atoms with Crippen LogP contribution in [-0.4, -0.2) is 35.0 Å². The highest BCUT2D eigenvalue weighted by Crippen LogP contribution is 2.44. The first-order valence-electron chi connectivity index (χ1n) is 9.19. The summed E-state index contributed by atoms with van der Waals surface area (Å²) >= 11 is 0. The average molecular weight is 329 g/mol. The molecular weight excluding hydrogens is 302 g/mol. The molecule has 4 heteroatoms. The van der Waals surface area contributed by atoms with Crippen molar-refractivity contribution < 1.29 is 14.7 Å². The molecule has 1 saturated carbocycles. The van der Waals surface area contributed by atoms with Crippen molar-refractivity contribution in [1.82, 2.24) is 4.90 Å². The van der Waals surface area contributed by atoms with E-state index in [-0.39, 0.29) is 5.91 Å². The smallest absolute Gasteiger partial charge is 0.335 e. The first-order chi connectivity index (χ1) is 11.6. The second-order valence-electron chi connectivity index (χ2n) is 7.40. The molecular formula is C20H27NO3. The molecule has 1 spiro atoms. The van der Waals surface area contributed by atoms with E-state index in [0.29, 0.717) is 23.8 Å². The maximum atomic E-state index is 12.5. The maximum Gasteiger partial charge on any atom is 0.335 e. The second-order valence-corrected chi connectivity index (χ2v) is 7.40. The van der Waals surface area contributed by atoms with Gasteiger partial charge in [0.1, 0.15) is 0 Å². The van der Waals surface area contributed by atoms with Gasteiger partial charge in [0.25, 0.3) is 0 Å². The Labute approximate surface area is 143 Å². The third-order valence-corrected chi connectivity index (χ3v) is 5.95. The standard InChI is InChI=1S/C20H27NO3/c22-18(9-8-16-6-2-3-7-17(16)19(23)24)21-14-12-20(13-15-21)10-4-1-5-11-20/h2-3,6-7H,1,4-5,8-15H2,(H,23,24). The number of carbonyl (C=O) groups is 2. The Bertz CT molecular complexity index is 595. The Hall–Kier alpha value is -1.84. The Morgan fingerprint density at radius 3 is 2.33 bits per heavy atom. The molecule has 1 saturated heterocycles. The highest BCUT2D eigenvalue weighted by Gasteiger charge is 2.36. The number of benzene rings is 1. The van der Waals surface area contributed by atoms with Crippen LogP contribution in [0.4, 0.5) is 0 Å². The molecule has 0 radical (unpaired) electrons. The van der Waals surface area contributed by atoms with Gasteiger partial charge in [0.05, 0.1) is 5.56 Å². The van der Waals surface area contributed by atoms with Gasteiger partial charge in [-0.1, -0.05) is 37.5 Å². The molecule has 2 aliphatic rings. The minimum Gasteiger partial charge on any atom is -0.478 e. The van der Waals surface area contributed by atoms with E-state index in [1.807, 2.05) is 17.0 Å². The summed E-state index contributed by atoms with van der Waals surface area (Å²) in [7, 11) is 0. The number of aromatic carboxylic acids is 1. The molecule has 1 aliphatic heterocycles. The topological polar surface area (TPSA) is 57.6 Å². The number of hydrogen-bond donors (Lipinski definition) is 1. The molecule has 1 amide bonds. The number of hydrogen-bond acceptors (Lipinski definition) is 2. The Morgan fingerprint density at radius 1 is 1.00 bits per heavy atom. The lowest BCUT2D eigenvalue weighted by atomic mass is 9.68. The van der Waals surface area contributed by atoms with Crippen LogP contribution in [-0.2, 0) is 11.2 Å². The van der Waals surface area contributed by atoms with Gasteiger partial charge in [-0.05, 0) is 49.1 Å². The number of aryl methyl sites for hydroxylation is 1. The van der Waals surface area contributed by atoms with Crippen molar-refractivity contribution in [3.63, 3.8) is 0 Å². The summed E-state index contributed by atoms with van der Waals surface area (Å²) < 4.78 is 0. The first-order valence-corrected chi connectivity index (χ1v) is 9.19. The van der Waals surface area contributed by atoms with Gasteiger partial charge in [-0.2, -0.15) is 0 Å². The third-order valence-electron chi connectivity index (χ3n) is 5.95. The number of carbonyl (C=O) groups excluding carboxylic acids is 1. The summed E-state index contributed by atoms with van der Waals surface area (Å²) in [6.07, 6.45) is 9.92. The molecule has 1 aliphatic carbocycles. The quantitative estimate of drug-likeness (QED) is 0.911. The van der Waals surface area contributed by atoms with E-state index in [4.69, 9.17) is 0 Å². The van der Waals surface area contributed by atoms with Crippen molar-refractivity contribution in [1.29, 1.82) is 0 Å². The zero-order chi connectivity index (χ0) is 17.0. The van der Waals surface area contributed by atoms with Crippen molar-refractivity contribution in [2.45, 2.75) is 57.8 Å². The van der Waals surface area contributed by atoms with Crippen LogP contribution in [0, 0.1) is 5.41 Å². The lowest BCUT2D eigenvalue weighted by Crippen LogP contribution is -2.44. The van der Waals surface area contributed by atoms with Crippen LogP contribution in [0.25, 0.3) is 0 Å².